The number of ether oxygens (including phenoxy) is 1. The number of hydrogen-bond acceptors (Lipinski definition) is 1. The molecule has 0 aliphatic rings. The maximum atomic E-state index is 13.3. The number of benzene rings is 2. The molecule has 94 valence electrons. The smallest absolute Gasteiger partial charge is 0.126 e. The summed E-state index contributed by atoms with van der Waals surface area (Å²) < 4.78 is 18.9. The number of rotatable bonds is 5. The first kappa shape index (κ1) is 12.6. The number of halogens is 1. The summed E-state index contributed by atoms with van der Waals surface area (Å²) in [5.74, 6) is 0.738. The van der Waals surface area contributed by atoms with E-state index in [2.05, 4.69) is 0 Å². The van der Waals surface area contributed by atoms with E-state index >= 15 is 0 Å². The Kier molecular flexibility index (Phi) is 4.35. The molecular formula is C16H17FO. The van der Waals surface area contributed by atoms with Crippen LogP contribution in [0.5, 0.6) is 5.75 Å². The van der Waals surface area contributed by atoms with Crippen molar-refractivity contribution in [3.05, 3.63) is 65.5 Å². The fraction of sp³-hybridized carbons (Fsp3) is 0.250. The molecule has 0 heterocycles. The van der Waals surface area contributed by atoms with Crippen LogP contribution in [-0.4, -0.2) is 6.61 Å². The van der Waals surface area contributed by atoms with E-state index in [1.54, 1.807) is 6.07 Å². The lowest BCUT2D eigenvalue weighted by atomic mass is 10.1. The Bertz CT molecular complexity index is 491. The molecule has 18 heavy (non-hydrogen) atoms. The van der Waals surface area contributed by atoms with Crippen LogP contribution in [0.3, 0.4) is 0 Å². The summed E-state index contributed by atoms with van der Waals surface area (Å²) in [6.07, 6.45) is 1.52. The van der Waals surface area contributed by atoms with Crippen molar-refractivity contribution in [2.24, 2.45) is 0 Å². The predicted octanol–water partition coefficient (Wildman–Crippen LogP) is 4.15. The summed E-state index contributed by atoms with van der Waals surface area (Å²) in [4.78, 5) is 0. The molecule has 0 radical (unpaired) electrons. The predicted molar refractivity (Wildman–Crippen MR) is 71.4 cm³/mol. The molecule has 0 saturated heterocycles. The second-order valence-corrected chi connectivity index (χ2v) is 4.36. The largest absolute Gasteiger partial charge is 0.494 e. The summed E-state index contributed by atoms with van der Waals surface area (Å²) in [7, 11) is 0. The maximum Gasteiger partial charge on any atom is 0.126 e. The fourth-order valence-corrected chi connectivity index (χ4v) is 1.79. The van der Waals surface area contributed by atoms with Gasteiger partial charge in [-0.05, 0) is 43.5 Å². The highest BCUT2D eigenvalue weighted by molar-refractivity contribution is 5.26. The molecule has 0 aromatic heterocycles. The van der Waals surface area contributed by atoms with E-state index in [4.69, 9.17) is 4.74 Å². The Balaban J connectivity index is 1.76. The molecule has 0 unspecified atom stereocenters. The van der Waals surface area contributed by atoms with Crippen LogP contribution in [0.25, 0.3) is 0 Å². The molecule has 0 aliphatic heterocycles. The van der Waals surface area contributed by atoms with Crippen molar-refractivity contribution in [3.63, 3.8) is 0 Å². The average Bonchev–Trinajstić information content (AvgIpc) is 2.39. The fourth-order valence-electron chi connectivity index (χ4n) is 1.79. The van der Waals surface area contributed by atoms with E-state index in [1.165, 1.54) is 11.6 Å². The summed E-state index contributed by atoms with van der Waals surface area (Å²) in [6, 6.07) is 14.8. The van der Waals surface area contributed by atoms with Gasteiger partial charge in [-0.3, -0.25) is 0 Å². The molecule has 0 fully saturated rings. The van der Waals surface area contributed by atoms with Crippen LogP contribution < -0.4 is 4.74 Å². The van der Waals surface area contributed by atoms with Gasteiger partial charge in [-0.2, -0.15) is 0 Å². The van der Waals surface area contributed by atoms with Gasteiger partial charge in [0.15, 0.2) is 0 Å². The Morgan fingerprint density at radius 3 is 2.44 bits per heavy atom. The standard InChI is InChI=1S/C16H17FO/c1-13-8-10-15(11-9-13)18-12-4-6-14-5-2-3-7-16(14)17/h2-3,5,7-11H,4,6,12H2,1H3. The van der Waals surface area contributed by atoms with Crippen LogP contribution in [0.15, 0.2) is 48.5 Å². The van der Waals surface area contributed by atoms with Crippen LogP contribution in [0.4, 0.5) is 4.39 Å². The minimum absolute atomic E-state index is 0.132. The van der Waals surface area contributed by atoms with Gasteiger partial charge in [0, 0.05) is 0 Å². The summed E-state index contributed by atoms with van der Waals surface area (Å²) in [5, 5.41) is 0. The van der Waals surface area contributed by atoms with Gasteiger partial charge in [-0.15, -0.1) is 0 Å². The van der Waals surface area contributed by atoms with E-state index < -0.39 is 0 Å². The third kappa shape index (κ3) is 3.59. The van der Waals surface area contributed by atoms with Crippen LogP contribution in [0, 0.1) is 12.7 Å². The van der Waals surface area contributed by atoms with Crippen molar-refractivity contribution in [1.29, 1.82) is 0 Å². The molecule has 2 rings (SSSR count). The molecule has 2 aromatic carbocycles. The summed E-state index contributed by atoms with van der Waals surface area (Å²) in [5.41, 5.74) is 1.97. The Morgan fingerprint density at radius 2 is 1.72 bits per heavy atom. The van der Waals surface area contributed by atoms with Crippen LogP contribution in [0.1, 0.15) is 17.5 Å². The van der Waals surface area contributed by atoms with Crippen molar-refractivity contribution in [1.82, 2.24) is 0 Å². The number of hydrogen-bond donors (Lipinski definition) is 0. The van der Waals surface area contributed by atoms with Gasteiger partial charge in [0.05, 0.1) is 6.61 Å². The van der Waals surface area contributed by atoms with Gasteiger partial charge in [-0.1, -0.05) is 35.9 Å². The highest BCUT2D eigenvalue weighted by Gasteiger charge is 2.00. The Morgan fingerprint density at radius 1 is 1.00 bits per heavy atom. The minimum Gasteiger partial charge on any atom is -0.494 e. The van der Waals surface area contributed by atoms with Crippen molar-refractivity contribution < 1.29 is 9.13 Å². The van der Waals surface area contributed by atoms with E-state index in [0.29, 0.717) is 13.0 Å². The lowest BCUT2D eigenvalue weighted by molar-refractivity contribution is 0.310. The first-order chi connectivity index (χ1) is 8.75. The van der Waals surface area contributed by atoms with Crippen LogP contribution in [-0.2, 0) is 6.42 Å². The second-order valence-electron chi connectivity index (χ2n) is 4.36. The normalized spacial score (nSPS) is 10.3. The third-order valence-corrected chi connectivity index (χ3v) is 2.84. The highest BCUT2D eigenvalue weighted by atomic mass is 19.1. The van der Waals surface area contributed by atoms with E-state index in [-0.39, 0.29) is 5.82 Å². The lowest BCUT2D eigenvalue weighted by Crippen LogP contribution is -2.00. The van der Waals surface area contributed by atoms with Crippen LogP contribution >= 0.6 is 0 Å². The first-order valence-corrected chi connectivity index (χ1v) is 6.18. The summed E-state index contributed by atoms with van der Waals surface area (Å²) >= 11 is 0. The SMILES string of the molecule is Cc1ccc(OCCCc2ccccc2F)cc1. The average molecular weight is 244 g/mol. The maximum absolute atomic E-state index is 13.3. The zero-order valence-electron chi connectivity index (χ0n) is 10.5. The molecule has 1 nitrogen and oxygen atoms in total. The van der Waals surface area contributed by atoms with E-state index in [9.17, 15) is 4.39 Å². The minimum atomic E-state index is -0.132. The molecule has 0 atom stereocenters. The molecule has 2 aromatic rings. The monoisotopic (exact) mass is 244 g/mol. The van der Waals surface area contributed by atoms with Gasteiger partial charge in [0.25, 0.3) is 0 Å². The van der Waals surface area contributed by atoms with Crippen molar-refractivity contribution in [2.45, 2.75) is 19.8 Å². The summed E-state index contributed by atoms with van der Waals surface area (Å²) in [6.45, 7) is 2.65. The molecule has 2 heteroatoms. The van der Waals surface area contributed by atoms with Crippen molar-refractivity contribution in [2.75, 3.05) is 6.61 Å². The molecule has 0 amide bonds. The van der Waals surface area contributed by atoms with E-state index in [1.807, 2.05) is 43.3 Å². The topological polar surface area (TPSA) is 9.23 Å². The molecule has 0 aliphatic carbocycles. The molecule has 0 spiro atoms. The van der Waals surface area contributed by atoms with Gasteiger partial charge in [0.2, 0.25) is 0 Å². The van der Waals surface area contributed by atoms with Gasteiger partial charge >= 0.3 is 0 Å². The Labute approximate surface area is 107 Å². The zero-order valence-corrected chi connectivity index (χ0v) is 10.5. The highest BCUT2D eigenvalue weighted by Crippen LogP contribution is 2.13. The lowest BCUT2D eigenvalue weighted by Gasteiger charge is -2.07. The molecular weight excluding hydrogens is 227 g/mol. The molecule has 0 saturated carbocycles. The quantitative estimate of drug-likeness (QED) is 0.718. The van der Waals surface area contributed by atoms with Gasteiger partial charge in [0.1, 0.15) is 11.6 Å². The van der Waals surface area contributed by atoms with Gasteiger partial charge < -0.3 is 4.74 Å². The number of aryl methyl sites for hydroxylation is 2. The van der Waals surface area contributed by atoms with Crippen LogP contribution in [0.2, 0.25) is 0 Å². The third-order valence-electron chi connectivity index (χ3n) is 2.84. The zero-order chi connectivity index (χ0) is 12.8. The van der Waals surface area contributed by atoms with Crippen molar-refractivity contribution in [3.8, 4) is 5.75 Å². The molecule has 0 N–H and O–H groups in total. The Hall–Kier alpha value is -1.83. The first-order valence-electron chi connectivity index (χ1n) is 6.18. The van der Waals surface area contributed by atoms with Gasteiger partial charge in [-0.25, -0.2) is 4.39 Å². The van der Waals surface area contributed by atoms with Crippen molar-refractivity contribution >= 4 is 0 Å². The second kappa shape index (κ2) is 6.20. The molecule has 0 bridgehead atoms. The van der Waals surface area contributed by atoms with E-state index in [0.717, 1.165) is 17.7 Å².